The Morgan fingerprint density at radius 1 is 0.793 bits per heavy atom. The highest BCUT2D eigenvalue weighted by Crippen LogP contribution is 2.51. The van der Waals surface area contributed by atoms with Crippen LogP contribution in [0.3, 0.4) is 0 Å². The van der Waals surface area contributed by atoms with E-state index in [1.165, 1.54) is 27.6 Å². The summed E-state index contributed by atoms with van der Waals surface area (Å²) in [5, 5.41) is 3.12. The summed E-state index contributed by atoms with van der Waals surface area (Å²) < 4.78 is 6.14. The predicted octanol–water partition coefficient (Wildman–Crippen LogP) is 7.61. The molecular formula is C26H18ClNO. The van der Waals surface area contributed by atoms with Gasteiger partial charge in [-0.15, -0.1) is 0 Å². The van der Waals surface area contributed by atoms with Crippen molar-refractivity contribution in [3.63, 3.8) is 0 Å². The van der Waals surface area contributed by atoms with Crippen molar-refractivity contribution in [3.05, 3.63) is 88.9 Å². The molecule has 0 amide bonds. The lowest BCUT2D eigenvalue weighted by atomic mass is 9.82. The highest BCUT2D eigenvalue weighted by Gasteiger charge is 2.36. The van der Waals surface area contributed by atoms with Gasteiger partial charge in [0, 0.05) is 16.0 Å². The zero-order valence-corrected chi connectivity index (χ0v) is 16.9. The highest BCUT2D eigenvalue weighted by molar-refractivity contribution is 6.31. The quantitative estimate of drug-likeness (QED) is 0.292. The van der Waals surface area contributed by atoms with E-state index in [2.05, 4.69) is 44.2 Å². The molecule has 1 heterocycles. The average molecular weight is 396 g/mol. The molecule has 0 saturated heterocycles. The zero-order valence-electron chi connectivity index (χ0n) is 16.2. The van der Waals surface area contributed by atoms with Gasteiger partial charge >= 0.3 is 0 Å². The van der Waals surface area contributed by atoms with E-state index < -0.39 is 0 Å². The number of fused-ring (bicyclic) bond motifs is 5. The van der Waals surface area contributed by atoms with Crippen molar-refractivity contribution < 1.29 is 4.42 Å². The molecule has 3 heteroatoms. The monoisotopic (exact) mass is 395 g/mol. The Hall–Kier alpha value is -3.10. The zero-order chi connectivity index (χ0) is 19.8. The number of benzene rings is 4. The second-order valence-electron chi connectivity index (χ2n) is 8.26. The van der Waals surface area contributed by atoms with E-state index in [-0.39, 0.29) is 5.41 Å². The summed E-state index contributed by atoms with van der Waals surface area (Å²) in [6.07, 6.45) is 0. The minimum absolute atomic E-state index is 0.0987. The Balaban J connectivity index is 1.61. The Labute approximate surface area is 173 Å². The predicted molar refractivity (Wildman–Crippen MR) is 120 cm³/mol. The van der Waals surface area contributed by atoms with Gasteiger partial charge in [-0.25, -0.2) is 4.98 Å². The number of rotatable bonds is 1. The van der Waals surface area contributed by atoms with Crippen LogP contribution in [-0.4, -0.2) is 4.98 Å². The number of aromatic nitrogens is 1. The van der Waals surface area contributed by atoms with E-state index in [4.69, 9.17) is 21.0 Å². The van der Waals surface area contributed by atoms with Crippen molar-refractivity contribution >= 4 is 33.5 Å². The van der Waals surface area contributed by atoms with Gasteiger partial charge in [0.2, 0.25) is 5.89 Å². The summed E-state index contributed by atoms with van der Waals surface area (Å²) in [6, 6.07) is 25.0. The van der Waals surface area contributed by atoms with Gasteiger partial charge in [-0.1, -0.05) is 49.7 Å². The van der Waals surface area contributed by atoms with Gasteiger partial charge in [0.25, 0.3) is 0 Å². The third-order valence-electron chi connectivity index (χ3n) is 6.12. The fourth-order valence-corrected chi connectivity index (χ4v) is 4.75. The van der Waals surface area contributed by atoms with Gasteiger partial charge in [0.15, 0.2) is 5.58 Å². The van der Waals surface area contributed by atoms with Crippen LogP contribution in [0.15, 0.2) is 77.2 Å². The number of nitrogens with zero attached hydrogens (tertiary/aromatic N) is 1. The van der Waals surface area contributed by atoms with Crippen molar-refractivity contribution in [3.8, 4) is 22.6 Å². The number of hydrogen-bond acceptors (Lipinski definition) is 2. The molecule has 1 aliphatic carbocycles. The van der Waals surface area contributed by atoms with Crippen molar-refractivity contribution in [1.82, 2.24) is 4.98 Å². The van der Waals surface area contributed by atoms with Crippen LogP contribution in [0.2, 0.25) is 5.02 Å². The maximum Gasteiger partial charge on any atom is 0.227 e. The Morgan fingerprint density at radius 3 is 2.38 bits per heavy atom. The fraction of sp³-hybridized carbons (Fsp3) is 0.115. The van der Waals surface area contributed by atoms with Crippen LogP contribution in [-0.2, 0) is 5.41 Å². The SMILES string of the molecule is CC1(C)c2cc3ccc(Cl)cc3cc2-c2cc3oc(-c4ccccc4)nc3cc21. The van der Waals surface area contributed by atoms with E-state index in [0.717, 1.165) is 27.1 Å². The molecular weight excluding hydrogens is 378 g/mol. The molecule has 29 heavy (non-hydrogen) atoms. The maximum absolute atomic E-state index is 6.24. The lowest BCUT2D eigenvalue weighted by Crippen LogP contribution is -2.14. The standard InChI is InChI=1S/C26H18ClNO/c1-26(2)21-12-16-8-9-18(27)10-17(16)11-19(21)20-13-24-23(14-22(20)26)28-25(29-24)15-6-4-3-5-7-15/h3-14H,1-2H3. The summed E-state index contributed by atoms with van der Waals surface area (Å²) in [5.74, 6) is 0.660. The summed E-state index contributed by atoms with van der Waals surface area (Å²) >= 11 is 6.24. The van der Waals surface area contributed by atoms with Crippen LogP contribution >= 0.6 is 11.6 Å². The van der Waals surface area contributed by atoms with Crippen LogP contribution in [0.5, 0.6) is 0 Å². The first kappa shape index (κ1) is 16.8. The molecule has 0 saturated carbocycles. The van der Waals surface area contributed by atoms with Gasteiger partial charge in [-0.2, -0.15) is 0 Å². The van der Waals surface area contributed by atoms with E-state index >= 15 is 0 Å². The molecule has 0 fully saturated rings. The second kappa shape index (κ2) is 5.71. The number of oxazole rings is 1. The number of halogens is 1. The Morgan fingerprint density at radius 2 is 1.55 bits per heavy atom. The first-order valence-electron chi connectivity index (χ1n) is 9.75. The molecule has 0 N–H and O–H groups in total. The minimum Gasteiger partial charge on any atom is -0.436 e. The van der Waals surface area contributed by atoms with Crippen LogP contribution in [0.4, 0.5) is 0 Å². The molecule has 5 aromatic rings. The molecule has 0 radical (unpaired) electrons. The summed E-state index contributed by atoms with van der Waals surface area (Å²) in [6.45, 7) is 4.56. The van der Waals surface area contributed by atoms with Crippen molar-refractivity contribution in [2.75, 3.05) is 0 Å². The first-order chi connectivity index (χ1) is 14.0. The molecule has 1 aliphatic rings. The Bertz CT molecular complexity index is 1430. The van der Waals surface area contributed by atoms with Crippen LogP contribution in [0, 0.1) is 0 Å². The third kappa shape index (κ3) is 2.39. The van der Waals surface area contributed by atoms with Gasteiger partial charge < -0.3 is 4.42 Å². The molecule has 0 unspecified atom stereocenters. The smallest absolute Gasteiger partial charge is 0.227 e. The molecule has 1 aromatic heterocycles. The van der Waals surface area contributed by atoms with Gasteiger partial charge in [0.05, 0.1) is 0 Å². The Kier molecular flexibility index (Phi) is 3.31. The largest absolute Gasteiger partial charge is 0.436 e. The van der Waals surface area contributed by atoms with E-state index in [1.807, 2.05) is 42.5 Å². The van der Waals surface area contributed by atoms with E-state index in [1.54, 1.807) is 0 Å². The molecule has 6 rings (SSSR count). The molecule has 0 bridgehead atoms. The molecule has 4 aromatic carbocycles. The van der Waals surface area contributed by atoms with Gasteiger partial charge in [0.1, 0.15) is 5.52 Å². The van der Waals surface area contributed by atoms with Crippen LogP contribution in [0.25, 0.3) is 44.5 Å². The average Bonchev–Trinajstić information content (AvgIpc) is 3.23. The summed E-state index contributed by atoms with van der Waals surface area (Å²) in [4.78, 5) is 4.77. The van der Waals surface area contributed by atoms with Gasteiger partial charge in [-0.3, -0.25) is 0 Å². The van der Waals surface area contributed by atoms with Crippen LogP contribution < -0.4 is 0 Å². The van der Waals surface area contributed by atoms with Crippen molar-refractivity contribution in [1.29, 1.82) is 0 Å². The minimum atomic E-state index is -0.0987. The molecule has 140 valence electrons. The summed E-state index contributed by atoms with van der Waals surface area (Å²) in [7, 11) is 0. The fourth-order valence-electron chi connectivity index (χ4n) is 4.57. The second-order valence-corrected chi connectivity index (χ2v) is 8.70. The van der Waals surface area contributed by atoms with Gasteiger partial charge in [-0.05, 0) is 81.6 Å². The van der Waals surface area contributed by atoms with E-state index in [0.29, 0.717) is 5.89 Å². The van der Waals surface area contributed by atoms with Crippen LogP contribution in [0.1, 0.15) is 25.0 Å². The molecule has 2 nitrogen and oxygen atoms in total. The molecule has 0 atom stereocenters. The maximum atomic E-state index is 6.24. The normalized spacial score (nSPS) is 14.3. The number of hydrogen-bond donors (Lipinski definition) is 0. The first-order valence-corrected chi connectivity index (χ1v) is 10.1. The summed E-state index contributed by atoms with van der Waals surface area (Å²) in [5.41, 5.74) is 7.69. The molecule has 0 spiro atoms. The van der Waals surface area contributed by atoms with E-state index in [9.17, 15) is 0 Å². The third-order valence-corrected chi connectivity index (χ3v) is 6.36. The highest BCUT2D eigenvalue weighted by atomic mass is 35.5. The lowest BCUT2D eigenvalue weighted by molar-refractivity contribution is 0.619. The topological polar surface area (TPSA) is 26.0 Å². The van der Waals surface area contributed by atoms with Crippen molar-refractivity contribution in [2.45, 2.75) is 19.3 Å². The van der Waals surface area contributed by atoms with Crippen molar-refractivity contribution in [2.24, 2.45) is 0 Å². The molecule has 0 aliphatic heterocycles. The lowest BCUT2D eigenvalue weighted by Gasteiger charge is -2.21.